The molecule has 1 aromatic heterocycles. The van der Waals surface area contributed by atoms with E-state index in [1.165, 1.54) is 45.2 Å². The molecule has 3 unspecified atom stereocenters. The highest BCUT2D eigenvalue weighted by atomic mass is 32.2. The molecule has 2 heterocycles. The Morgan fingerprint density at radius 3 is 2.55 bits per heavy atom. The first-order valence-electron chi connectivity index (χ1n) is 10.3. The Balaban J connectivity index is 1.39. The Kier molecular flexibility index (Phi) is 5.22. The molecular formula is C23H23NO5S2. The number of thioether (sulfide) groups is 1. The summed E-state index contributed by atoms with van der Waals surface area (Å²) in [7, 11) is 2.95. The van der Waals surface area contributed by atoms with E-state index in [-0.39, 0.29) is 17.7 Å². The van der Waals surface area contributed by atoms with Crippen molar-refractivity contribution in [1.82, 2.24) is 4.90 Å². The van der Waals surface area contributed by atoms with Gasteiger partial charge in [-0.15, -0.1) is 0 Å². The minimum atomic E-state index is -0.0650. The average Bonchev–Trinajstić information content (AvgIpc) is 3.54. The number of benzene rings is 1. The van der Waals surface area contributed by atoms with Gasteiger partial charge in [-0.25, -0.2) is 0 Å². The van der Waals surface area contributed by atoms with Crippen LogP contribution >= 0.6 is 24.0 Å². The number of carbonyl (C=O) groups is 1. The summed E-state index contributed by atoms with van der Waals surface area (Å²) in [4.78, 5) is 15.5. The third kappa shape index (κ3) is 3.51. The van der Waals surface area contributed by atoms with Gasteiger partial charge in [0.25, 0.3) is 5.91 Å². The van der Waals surface area contributed by atoms with Gasteiger partial charge in [-0.1, -0.05) is 30.4 Å². The number of phenolic OH excluding ortho intramolecular Hbond substituents is 1. The van der Waals surface area contributed by atoms with E-state index in [0.717, 1.165) is 12.3 Å². The molecule has 1 aromatic carbocycles. The van der Waals surface area contributed by atoms with Crippen LogP contribution in [-0.2, 0) is 4.79 Å². The van der Waals surface area contributed by atoms with Gasteiger partial charge in [-0.3, -0.25) is 9.69 Å². The molecule has 2 saturated carbocycles. The highest BCUT2D eigenvalue weighted by molar-refractivity contribution is 8.26. The maximum Gasteiger partial charge on any atom is 0.266 e. The van der Waals surface area contributed by atoms with Gasteiger partial charge in [0.05, 0.1) is 19.1 Å². The lowest BCUT2D eigenvalue weighted by atomic mass is 9.94. The second-order valence-corrected chi connectivity index (χ2v) is 9.90. The Morgan fingerprint density at radius 2 is 1.94 bits per heavy atom. The van der Waals surface area contributed by atoms with Gasteiger partial charge in [0.2, 0.25) is 5.75 Å². The summed E-state index contributed by atoms with van der Waals surface area (Å²) in [5.74, 6) is 2.97. The highest BCUT2D eigenvalue weighted by Gasteiger charge is 2.48. The van der Waals surface area contributed by atoms with Crippen LogP contribution in [-0.4, -0.2) is 40.5 Å². The van der Waals surface area contributed by atoms with Crippen molar-refractivity contribution in [2.75, 3.05) is 14.2 Å². The lowest BCUT2D eigenvalue weighted by Gasteiger charge is -2.30. The number of aromatic hydroxyl groups is 1. The molecule has 3 atom stereocenters. The van der Waals surface area contributed by atoms with Crippen molar-refractivity contribution in [3.8, 4) is 28.6 Å². The number of amides is 1. The van der Waals surface area contributed by atoms with Crippen molar-refractivity contribution in [3.63, 3.8) is 0 Å². The number of nitrogens with zero attached hydrogens (tertiary/aromatic N) is 1. The van der Waals surface area contributed by atoms with Gasteiger partial charge < -0.3 is 19.0 Å². The van der Waals surface area contributed by atoms with Crippen molar-refractivity contribution in [3.05, 3.63) is 34.9 Å². The van der Waals surface area contributed by atoms with Crippen LogP contribution in [0.3, 0.4) is 0 Å². The SMILES string of the molecule is COc1cc(-c2ccc(C=C3SC(=S)N(C4CC5CCC4C5)C3=O)o2)cc(OC)c1O. The lowest BCUT2D eigenvalue weighted by molar-refractivity contribution is -0.124. The molecule has 2 aromatic rings. The van der Waals surface area contributed by atoms with Crippen molar-refractivity contribution < 1.29 is 23.8 Å². The number of carbonyl (C=O) groups excluding carboxylic acids is 1. The fraction of sp³-hybridized carbons (Fsp3) is 0.391. The molecule has 2 aliphatic carbocycles. The summed E-state index contributed by atoms with van der Waals surface area (Å²) >= 11 is 6.90. The number of phenols is 1. The summed E-state index contributed by atoms with van der Waals surface area (Å²) in [5.41, 5.74) is 0.695. The van der Waals surface area contributed by atoms with Crippen LogP contribution in [0.2, 0.25) is 0 Å². The first kappa shape index (κ1) is 20.5. The maximum atomic E-state index is 13.1. The number of methoxy groups -OCH3 is 2. The van der Waals surface area contributed by atoms with E-state index in [2.05, 4.69) is 0 Å². The topological polar surface area (TPSA) is 72.1 Å². The van der Waals surface area contributed by atoms with Gasteiger partial charge in [0.1, 0.15) is 15.8 Å². The zero-order valence-electron chi connectivity index (χ0n) is 17.3. The van der Waals surface area contributed by atoms with Crippen LogP contribution in [0.4, 0.5) is 0 Å². The number of furan rings is 1. The summed E-state index contributed by atoms with van der Waals surface area (Å²) in [6.07, 6.45) is 6.53. The molecule has 0 spiro atoms. The van der Waals surface area contributed by atoms with Crippen LogP contribution < -0.4 is 9.47 Å². The summed E-state index contributed by atoms with van der Waals surface area (Å²) in [6, 6.07) is 7.23. The zero-order valence-corrected chi connectivity index (χ0v) is 18.9. The number of rotatable bonds is 5. The molecular weight excluding hydrogens is 434 g/mol. The van der Waals surface area contributed by atoms with Crippen molar-refractivity contribution in [1.29, 1.82) is 0 Å². The molecule has 1 saturated heterocycles. The van der Waals surface area contributed by atoms with Gasteiger partial charge >= 0.3 is 0 Å². The van der Waals surface area contributed by atoms with Gasteiger partial charge in [-0.05, 0) is 55.4 Å². The molecule has 5 rings (SSSR count). The van der Waals surface area contributed by atoms with Crippen molar-refractivity contribution >= 4 is 40.3 Å². The number of ether oxygens (including phenoxy) is 2. The van der Waals surface area contributed by atoms with E-state index in [1.54, 1.807) is 18.2 Å². The number of thiocarbonyl (C=S) groups is 1. The molecule has 3 fully saturated rings. The number of hydrogen-bond acceptors (Lipinski definition) is 7. The Morgan fingerprint density at radius 1 is 1.19 bits per heavy atom. The second-order valence-electron chi connectivity index (χ2n) is 8.23. The predicted octanol–water partition coefficient (Wildman–Crippen LogP) is 5.06. The van der Waals surface area contributed by atoms with E-state index in [0.29, 0.717) is 43.7 Å². The number of fused-ring (bicyclic) bond motifs is 2. The van der Waals surface area contributed by atoms with Gasteiger partial charge in [0, 0.05) is 17.7 Å². The largest absolute Gasteiger partial charge is 0.502 e. The molecule has 1 amide bonds. The molecule has 2 bridgehead atoms. The van der Waals surface area contributed by atoms with E-state index in [1.807, 2.05) is 17.0 Å². The summed E-state index contributed by atoms with van der Waals surface area (Å²) in [5, 5.41) is 10.1. The lowest BCUT2D eigenvalue weighted by Crippen LogP contribution is -2.41. The Hall–Kier alpha value is -2.45. The third-order valence-electron chi connectivity index (χ3n) is 6.52. The van der Waals surface area contributed by atoms with Crippen molar-refractivity contribution in [2.24, 2.45) is 11.8 Å². The molecule has 162 valence electrons. The van der Waals surface area contributed by atoms with E-state index >= 15 is 0 Å². The van der Waals surface area contributed by atoms with Crippen LogP contribution in [0.25, 0.3) is 17.4 Å². The third-order valence-corrected chi connectivity index (χ3v) is 7.85. The summed E-state index contributed by atoms with van der Waals surface area (Å²) < 4.78 is 17.1. The number of hydrogen-bond donors (Lipinski definition) is 1. The molecule has 6 nitrogen and oxygen atoms in total. The van der Waals surface area contributed by atoms with E-state index in [9.17, 15) is 9.90 Å². The summed E-state index contributed by atoms with van der Waals surface area (Å²) in [6.45, 7) is 0. The van der Waals surface area contributed by atoms with Crippen LogP contribution in [0.15, 0.2) is 33.6 Å². The first-order valence-corrected chi connectivity index (χ1v) is 11.5. The smallest absolute Gasteiger partial charge is 0.266 e. The molecule has 31 heavy (non-hydrogen) atoms. The molecule has 8 heteroatoms. The van der Waals surface area contributed by atoms with Crippen LogP contribution in [0.1, 0.15) is 31.4 Å². The van der Waals surface area contributed by atoms with E-state index in [4.69, 9.17) is 26.1 Å². The van der Waals surface area contributed by atoms with Crippen molar-refractivity contribution in [2.45, 2.75) is 31.7 Å². The molecule has 3 aliphatic rings. The van der Waals surface area contributed by atoms with E-state index < -0.39 is 0 Å². The fourth-order valence-electron chi connectivity index (χ4n) is 5.04. The monoisotopic (exact) mass is 457 g/mol. The molecule has 1 aliphatic heterocycles. The normalized spacial score (nSPS) is 26.3. The van der Waals surface area contributed by atoms with Crippen LogP contribution in [0.5, 0.6) is 17.2 Å². The zero-order chi connectivity index (χ0) is 21.7. The minimum absolute atomic E-state index is 0.0153. The quantitative estimate of drug-likeness (QED) is 0.497. The average molecular weight is 458 g/mol. The van der Waals surface area contributed by atoms with Gasteiger partial charge in [0.15, 0.2) is 11.5 Å². The highest BCUT2D eigenvalue weighted by Crippen LogP contribution is 2.49. The maximum absolute atomic E-state index is 13.1. The van der Waals surface area contributed by atoms with Gasteiger partial charge in [-0.2, -0.15) is 0 Å². The molecule has 1 N–H and O–H groups in total. The first-order chi connectivity index (χ1) is 15.0. The Labute approximate surface area is 190 Å². The predicted molar refractivity (Wildman–Crippen MR) is 123 cm³/mol. The fourth-order valence-corrected chi connectivity index (χ4v) is 6.40. The minimum Gasteiger partial charge on any atom is -0.502 e. The molecule has 0 radical (unpaired) electrons. The van der Waals surface area contributed by atoms with Crippen LogP contribution in [0, 0.1) is 11.8 Å². The Bertz CT molecular complexity index is 1070. The standard InChI is InChI=1S/C23H23NO5S2/c1-27-18-9-14(10-19(28-2)21(18)25)17-6-5-15(29-17)11-20-22(26)24(23(30)31-20)16-8-12-3-4-13(16)7-12/h5-6,9-13,16,25H,3-4,7-8H2,1-2H3. The second kappa shape index (κ2) is 7.91.